The van der Waals surface area contributed by atoms with Crippen LogP contribution in [0.5, 0.6) is 5.75 Å². The third kappa shape index (κ3) is 7.62. The number of fused-ring (bicyclic) bond motifs is 1. The van der Waals surface area contributed by atoms with E-state index >= 15 is 0 Å². The zero-order chi connectivity index (χ0) is 32.3. The number of carbonyl (C=O) groups is 4. The van der Waals surface area contributed by atoms with Gasteiger partial charge in [-0.15, -0.1) is 5.06 Å². The molecule has 2 aliphatic rings. The molecule has 2 amide bonds. The second kappa shape index (κ2) is 13.3. The topological polar surface area (TPSA) is 121 Å². The van der Waals surface area contributed by atoms with Gasteiger partial charge in [0.15, 0.2) is 0 Å². The number of ketones is 1. The van der Waals surface area contributed by atoms with E-state index in [0.717, 1.165) is 24.8 Å². The number of hydroxylamine groups is 2. The molecule has 3 heterocycles. The molecule has 1 aromatic heterocycles. The van der Waals surface area contributed by atoms with Crippen molar-refractivity contribution in [2.45, 2.75) is 45.6 Å². The van der Waals surface area contributed by atoms with Gasteiger partial charge >= 0.3 is 6.16 Å². The summed E-state index contributed by atoms with van der Waals surface area (Å²) < 4.78 is 24.0. The van der Waals surface area contributed by atoms with E-state index in [2.05, 4.69) is 4.98 Å². The van der Waals surface area contributed by atoms with Gasteiger partial charge in [0.05, 0.1) is 31.3 Å². The molecular weight excluding hydrogens is 583 g/mol. The first-order valence-corrected chi connectivity index (χ1v) is 15.1. The van der Waals surface area contributed by atoms with Gasteiger partial charge in [0.1, 0.15) is 17.2 Å². The van der Waals surface area contributed by atoms with Crippen molar-refractivity contribution in [3.63, 3.8) is 0 Å². The number of rotatable bonds is 7. The van der Waals surface area contributed by atoms with Gasteiger partial charge in [-0.2, -0.15) is 0 Å². The monoisotopic (exact) mass is 622 g/mol. The first kappa shape index (κ1) is 32.0. The van der Waals surface area contributed by atoms with Gasteiger partial charge in [-0.25, -0.2) is 9.18 Å². The molecule has 2 aliphatic heterocycles. The third-order valence-corrected chi connectivity index (χ3v) is 8.13. The molecule has 11 nitrogen and oxygen atoms in total. The normalized spacial score (nSPS) is 16.5. The number of amides is 2. The van der Waals surface area contributed by atoms with Crippen LogP contribution >= 0.6 is 0 Å². The summed E-state index contributed by atoms with van der Waals surface area (Å²) in [5.74, 6) is -1.09. The van der Waals surface area contributed by atoms with E-state index in [0.29, 0.717) is 41.2 Å². The molecular formula is C33H39FN4O7. The largest absolute Gasteiger partial charge is 0.528 e. The summed E-state index contributed by atoms with van der Waals surface area (Å²) in [6.45, 7) is 7.15. The predicted molar refractivity (Wildman–Crippen MR) is 163 cm³/mol. The molecule has 0 saturated carbocycles. The van der Waals surface area contributed by atoms with Crippen molar-refractivity contribution in [2.75, 3.05) is 46.4 Å². The Morgan fingerprint density at radius 1 is 0.911 bits per heavy atom. The minimum atomic E-state index is -0.827. The molecule has 2 aromatic carbocycles. The summed E-state index contributed by atoms with van der Waals surface area (Å²) in [6.07, 6.45) is 3.10. The maximum absolute atomic E-state index is 13.7. The number of likely N-dealkylation sites (tertiary alicyclic amines) is 1. The smallest absolute Gasteiger partial charge is 0.496 e. The highest BCUT2D eigenvalue weighted by molar-refractivity contribution is 6.45. The van der Waals surface area contributed by atoms with Gasteiger partial charge in [0.2, 0.25) is 0 Å². The lowest BCUT2D eigenvalue weighted by Gasteiger charge is -2.33. The van der Waals surface area contributed by atoms with E-state index in [9.17, 15) is 23.6 Å². The number of nitrogens with zero attached hydrogens (tertiary/aromatic N) is 3. The lowest BCUT2D eigenvalue weighted by atomic mass is 9.90. The molecule has 0 radical (unpaired) electrons. The second-order valence-electron chi connectivity index (χ2n) is 12.5. The quantitative estimate of drug-likeness (QED) is 0.231. The number of aromatic nitrogens is 1. The van der Waals surface area contributed by atoms with Gasteiger partial charge in [-0.05, 0) is 69.7 Å². The fourth-order valence-corrected chi connectivity index (χ4v) is 5.75. The number of benzene rings is 2. The SMILES string of the molecule is COc1cc2[nH]cc(C(=O)C(=O)N3CCN(OC(=O)OC(C)(C)C)CC3)c2cc1C(=O)N1CCC(Cc2ccc(F)cc2)CC1. The lowest BCUT2D eigenvalue weighted by Crippen LogP contribution is -2.51. The summed E-state index contributed by atoms with van der Waals surface area (Å²) in [7, 11) is 1.48. The van der Waals surface area contributed by atoms with Crippen LogP contribution in [0.2, 0.25) is 0 Å². The highest BCUT2D eigenvalue weighted by Crippen LogP contribution is 2.31. The molecule has 2 saturated heterocycles. The molecule has 1 N–H and O–H groups in total. The van der Waals surface area contributed by atoms with E-state index in [1.807, 2.05) is 0 Å². The maximum Gasteiger partial charge on any atom is 0.528 e. The van der Waals surface area contributed by atoms with E-state index in [4.69, 9.17) is 14.3 Å². The molecule has 5 rings (SSSR count). The molecule has 0 atom stereocenters. The second-order valence-corrected chi connectivity index (χ2v) is 12.5. The van der Waals surface area contributed by atoms with Crippen molar-refractivity contribution in [3.05, 3.63) is 65.1 Å². The summed E-state index contributed by atoms with van der Waals surface area (Å²) in [5.41, 5.74) is 1.42. The number of aromatic amines is 1. The Kier molecular flexibility index (Phi) is 9.42. The lowest BCUT2D eigenvalue weighted by molar-refractivity contribution is -0.162. The molecule has 12 heteroatoms. The number of halogens is 1. The van der Waals surface area contributed by atoms with E-state index in [1.165, 1.54) is 35.4 Å². The number of carbonyl (C=O) groups excluding carboxylic acids is 4. The van der Waals surface area contributed by atoms with E-state index in [1.54, 1.807) is 49.9 Å². The number of piperazine rings is 1. The first-order chi connectivity index (χ1) is 21.4. The van der Waals surface area contributed by atoms with Crippen LogP contribution < -0.4 is 4.74 Å². The fraction of sp³-hybridized carbons (Fsp3) is 0.455. The van der Waals surface area contributed by atoms with Gasteiger partial charge < -0.3 is 29.1 Å². The Labute approximate surface area is 261 Å². The van der Waals surface area contributed by atoms with Crippen molar-refractivity contribution in [2.24, 2.45) is 5.92 Å². The third-order valence-electron chi connectivity index (χ3n) is 8.13. The highest BCUT2D eigenvalue weighted by Gasteiger charge is 2.32. The zero-order valence-corrected chi connectivity index (χ0v) is 26.1. The van der Waals surface area contributed by atoms with Crippen LogP contribution in [0.25, 0.3) is 10.9 Å². The van der Waals surface area contributed by atoms with E-state index in [-0.39, 0.29) is 43.5 Å². The Bertz CT molecular complexity index is 1560. The zero-order valence-electron chi connectivity index (χ0n) is 26.1. The van der Waals surface area contributed by atoms with Crippen LogP contribution in [0.1, 0.15) is 59.9 Å². The number of Topliss-reactive ketones (excluding diaryl/α,β-unsaturated/α-hetero) is 1. The number of hydrogen-bond acceptors (Lipinski definition) is 8. The first-order valence-electron chi connectivity index (χ1n) is 15.1. The predicted octanol–water partition coefficient (Wildman–Crippen LogP) is 4.60. The molecule has 0 aliphatic carbocycles. The summed E-state index contributed by atoms with van der Waals surface area (Å²) >= 11 is 0. The molecule has 240 valence electrons. The van der Waals surface area contributed by atoms with Crippen LogP contribution in [0.3, 0.4) is 0 Å². The fourth-order valence-electron chi connectivity index (χ4n) is 5.75. The highest BCUT2D eigenvalue weighted by atomic mass is 19.1. The number of methoxy groups -OCH3 is 1. The average molecular weight is 623 g/mol. The van der Waals surface area contributed by atoms with Crippen LogP contribution in [-0.2, 0) is 20.8 Å². The van der Waals surface area contributed by atoms with Crippen LogP contribution in [0.4, 0.5) is 9.18 Å². The van der Waals surface area contributed by atoms with E-state index < -0.39 is 23.4 Å². The van der Waals surface area contributed by atoms with Crippen LogP contribution in [0.15, 0.2) is 42.6 Å². The Hall–Kier alpha value is -4.45. The van der Waals surface area contributed by atoms with Crippen molar-refractivity contribution in [3.8, 4) is 5.75 Å². The Balaban J connectivity index is 1.23. The van der Waals surface area contributed by atoms with Crippen molar-refractivity contribution >= 4 is 34.7 Å². The van der Waals surface area contributed by atoms with Crippen molar-refractivity contribution in [1.82, 2.24) is 19.8 Å². The minimum absolute atomic E-state index is 0.164. The van der Waals surface area contributed by atoms with Crippen molar-refractivity contribution in [1.29, 1.82) is 0 Å². The molecule has 45 heavy (non-hydrogen) atoms. The minimum Gasteiger partial charge on any atom is -0.496 e. The van der Waals surface area contributed by atoms with Gasteiger partial charge in [0, 0.05) is 49.3 Å². The Morgan fingerprint density at radius 3 is 2.20 bits per heavy atom. The van der Waals surface area contributed by atoms with Gasteiger partial charge in [-0.3, -0.25) is 14.4 Å². The molecule has 3 aromatic rings. The number of ether oxygens (including phenoxy) is 2. The number of H-pyrrole nitrogens is 1. The molecule has 2 fully saturated rings. The van der Waals surface area contributed by atoms with Gasteiger partial charge in [-0.1, -0.05) is 12.1 Å². The van der Waals surface area contributed by atoms with Crippen LogP contribution in [-0.4, -0.2) is 95.6 Å². The number of nitrogens with one attached hydrogen (secondary N) is 1. The summed E-state index contributed by atoms with van der Waals surface area (Å²) in [6, 6.07) is 9.81. The summed E-state index contributed by atoms with van der Waals surface area (Å²) in [5, 5.41) is 1.86. The van der Waals surface area contributed by atoms with Gasteiger partial charge in [0.25, 0.3) is 17.6 Å². The molecule has 0 bridgehead atoms. The number of hydrogen-bond donors (Lipinski definition) is 1. The molecule has 0 spiro atoms. The molecule has 0 unspecified atom stereocenters. The van der Waals surface area contributed by atoms with Crippen LogP contribution in [0, 0.1) is 11.7 Å². The number of piperidine rings is 1. The maximum atomic E-state index is 13.7. The average Bonchev–Trinajstić information content (AvgIpc) is 3.43. The Morgan fingerprint density at radius 2 is 1.58 bits per heavy atom. The summed E-state index contributed by atoms with van der Waals surface area (Å²) in [4.78, 5) is 63.7. The van der Waals surface area contributed by atoms with Crippen molar-refractivity contribution < 1.29 is 37.9 Å². The standard InChI is InChI=1S/C33H39FN4O7/c1-33(2,3)44-32(42)45-38-15-13-37(14-16-38)31(41)29(39)26-20-35-27-19-28(43-4)25(18-24(26)27)30(40)36-11-9-22(10-12-36)17-21-5-7-23(34)8-6-21/h5-8,18-20,22,35H,9-17H2,1-4H3.